The van der Waals surface area contributed by atoms with E-state index in [9.17, 15) is 8.42 Å². The molecule has 5 nitrogen and oxygen atoms in total. The second-order valence-electron chi connectivity index (χ2n) is 3.62. The van der Waals surface area contributed by atoms with Crippen LogP contribution in [-0.4, -0.2) is 13.4 Å². The van der Waals surface area contributed by atoms with Gasteiger partial charge in [0.1, 0.15) is 10.7 Å². The lowest BCUT2D eigenvalue weighted by atomic mass is 10.3. The lowest BCUT2D eigenvalue weighted by Crippen LogP contribution is -2.16. The Kier molecular flexibility index (Phi) is 4.16. The molecular formula is C11H9ClIN3O2S. The maximum absolute atomic E-state index is 12.2. The van der Waals surface area contributed by atoms with Crippen molar-refractivity contribution in [3.8, 4) is 0 Å². The Bertz CT molecular complexity index is 722. The van der Waals surface area contributed by atoms with Crippen LogP contribution in [0.15, 0.2) is 41.4 Å². The van der Waals surface area contributed by atoms with E-state index in [0.717, 1.165) is 0 Å². The summed E-state index contributed by atoms with van der Waals surface area (Å²) in [5, 5.41) is 0.535. The largest absolute Gasteiger partial charge is 0.383 e. The van der Waals surface area contributed by atoms with E-state index >= 15 is 0 Å². The monoisotopic (exact) mass is 409 g/mol. The van der Waals surface area contributed by atoms with Gasteiger partial charge in [0, 0.05) is 14.8 Å². The number of sulfonamides is 1. The van der Waals surface area contributed by atoms with Crippen molar-refractivity contribution in [1.29, 1.82) is 0 Å². The van der Waals surface area contributed by atoms with Gasteiger partial charge in [-0.25, -0.2) is 13.4 Å². The molecule has 0 aliphatic rings. The zero-order chi connectivity index (χ0) is 14.0. The fraction of sp³-hybridized carbons (Fsp3) is 0. The number of pyridine rings is 1. The smallest absolute Gasteiger partial charge is 0.265 e. The van der Waals surface area contributed by atoms with Gasteiger partial charge in [-0.05, 0) is 52.9 Å². The number of nitrogens with one attached hydrogen (secondary N) is 1. The van der Waals surface area contributed by atoms with E-state index in [-0.39, 0.29) is 10.7 Å². The average Bonchev–Trinajstić information content (AvgIpc) is 2.33. The van der Waals surface area contributed by atoms with Crippen molar-refractivity contribution in [2.24, 2.45) is 0 Å². The zero-order valence-electron chi connectivity index (χ0n) is 9.47. The number of nitrogens with two attached hydrogens (primary N) is 1. The Morgan fingerprint density at radius 2 is 2.05 bits per heavy atom. The van der Waals surface area contributed by atoms with E-state index in [0.29, 0.717) is 14.3 Å². The summed E-state index contributed by atoms with van der Waals surface area (Å²) in [4.78, 5) is 3.70. The summed E-state index contributed by atoms with van der Waals surface area (Å²) in [5.41, 5.74) is 6.01. The molecule has 0 spiro atoms. The summed E-state index contributed by atoms with van der Waals surface area (Å²) < 4.78 is 27.5. The molecule has 1 heterocycles. The van der Waals surface area contributed by atoms with Gasteiger partial charge in [-0.3, -0.25) is 4.72 Å². The van der Waals surface area contributed by atoms with Gasteiger partial charge in [-0.1, -0.05) is 11.6 Å². The molecule has 3 N–H and O–H groups in total. The standard InChI is InChI=1S/C11H9ClIN3O2S/c12-7-3-4-9(8(13)6-7)16-19(17,18)10-2-1-5-15-11(10)14/h1-6,16H,(H2,14,15). The van der Waals surface area contributed by atoms with Gasteiger partial charge in [-0.2, -0.15) is 0 Å². The van der Waals surface area contributed by atoms with Crippen molar-refractivity contribution >= 4 is 55.7 Å². The molecule has 0 saturated carbocycles. The minimum atomic E-state index is -3.76. The van der Waals surface area contributed by atoms with Crippen LogP contribution >= 0.6 is 34.2 Å². The number of nitrogens with zero attached hydrogens (tertiary/aromatic N) is 1. The van der Waals surface area contributed by atoms with Crippen molar-refractivity contribution in [3.05, 3.63) is 45.1 Å². The van der Waals surface area contributed by atoms with Gasteiger partial charge in [0.15, 0.2) is 0 Å². The van der Waals surface area contributed by atoms with Crippen LogP contribution in [0.1, 0.15) is 0 Å². The molecule has 19 heavy (non-hydrogen) atoms. The van der Waals surface area contributed by atoms with Gasteiger partial charge in [0.25, 0.3) is 10.0 Å². The first-order valence-corrected chi connectivity index (χ1v) is 8.02. The van der Waals surface area contributed by atoms with Gasteiger partial charge in [0.05, 0.1) is 5.69 Å². The number of aromatic nitrogens is 1. The van der Waals surface area contributed by atoms with Crippen molar-refractivity contribution in [1.82, 2.24) is 4.98 Å². The number of halogens is 2. The molecule has 0 unspecified atom stereocenters. The number of hydrogen-bond donors (Lipinski definition) is 2. The Labute approximate surface area is 129 Å². The molecule has 0 radical (unpaired) electrons. The highest BCUT2D eigenvalue weighted by Gasteiger charge is 2.19. The van der Waals surface area contributed by atoms with Crippen LogP contribution in [0.2, 0.25) is 5.02 Å². The molecule has 0 saturated heterocycles. The van der Waals surface area contributed by atoms with E-state index in [1.54, 1.807) is 18.2 Å². The number of nitrogen functional groups attached to an aromatic ring is 1. The molecule has 0 atom stereocenters. The summed E-state index contributed by atoms with van der Waals surface area (Å²) in [6.45, 7) is 0. The van der Waals surface area contributed by atoms with Crippen LogP contribution in [-0.2, 0) is 10.0 Å². The lowest BCUT2D eigenvalue weighted by molar-refractivity contribution is 0.601. The molecule has 2 aromatic rings. The Balaban J connectivity index is 2.40. The first kappa shape index (κ1) is 14.4. The first-order valence-electron chi connectivity index (χ1n) is 5.08. The quantitative estimate of drug-likeness (QED) is 0.763. The number of benzene rings is 1. The van der Waals surface area contributed by atoms with Gasteiger partial charge >= 0.3 is 0 Å². The molecule has 0 bridgehead atoms. The molecular weight excluding hydrogens is 401 g/mol. The number of anilines is 2. The minimum Gasteiger partial charge on any atom is -0.383 e. The molecule has 0 aliphatic heterocycles. The maximum Gasteiger partial charge on any atom is 0.265 e. The van der Waals surface area contributed by atoms with Crippen LogP contribution in [0.3, 0.4) is 0 Å². The second kappa shape index (κ2) is 5.51. The van der Waals surface area contributed by atoms with Gasteiger partial charge < -0.3 is 5.73 Å². The topological polar surface area (TPSA) is 85.1 Å². The van der Waals surface area contributed by atoms with Crippen LogP contribution in [0.25, 0.3) is 0 Å². The molecule has 0 aliphatic carbocycles. The highest BCUT2D eigenvalue weighted by molar-refractivity contribution is 14.1. The molecule has 1 aromatic carbocycles. The predicted molar refractivity (Wildman–Crippen MR) is 83.6 cm³/mol. The zero-order valence-corrected chi connectivity index (χ0v) is 13.2. The van der Waals surface area contributed by atoms with E-state index < -0.39 is 10.0 Å². The van der Waals surface area contributed by atoms with Crippen LogP contribution in [0.5, 0.6) is 0 Å². The fourth-order valence-electron chi connectivity index (χ4n) is 1.40. The third-order valence-electron chi connectivity index (χ3n) is 2.26. The molecule has 0 fully saturated rings. The third kappa shape index (κ3) is 3.28. The van der Waals surface area contributed by atoms with Crippen molar-refractivity contribution in [2.75, 3.05) is 10.5 Å². The summed E-state index contributed by atoms with van der Waals surface area (Å²) in [7, 11) is -3.76. The van der Waals surface area contributed by atoms with E-state index in [1.165, 1.54) is 18.3 Å². The predicted octanol–water partition coefficient (Wildman–Crippen LogP) is 2.72. The highest BCUT2D eigenvalue weighted by Crippen LogP contribution is 2.25. The van der Waals surface area contributed by atoms with E-state index in [4.69, 9.17) is 17.3 Å². The SMILES string of the molecule is Nc1ncccc1S(=O)(=O)Nc1ccc(Cl)cc1I. The van der Waals surface area contributed by atoms with Crippen molar-refractivity contribution in [2.45, 2.75) is 4.90 Å². The summed E-state index contributed by atoms with van der Waals surface area (Å²) >= 11 is 7.81. The van der Waals surface area contributed by atoms with E-state index in [2.05, 4.69) is 9.71 Å². The Morgan fingerprint density at radius 1 is 1.32 bits per heavy atom. The molecule has 100 valence electrons. The molecule has 2 rings (SSSR count). The van der Waals surface area contributed by atoms with Crippen LogP contribution in [0, 0.1) is 3.57 Å². The number of rotatable bonds is 3. The summed E-state index contributed by atoms with van der Waals surface area (Å²) in [5.74, 6) is -0.0426. The fourth-order valence-corrected chi connectivity index (χ4v) is 3.75. The maximum atomic E-state index is 12.2. The lowest BCUT2D eigenvalue weighted by Gasteiger charge is -2.11. The highest BCUT2D eigenvalue weighted by atomic mass is 127. The Morgan fingerprint density at radius 3 is 2.68 bits per heavy atom. The Hall–Kier alpha value is -1.06. The summed E-state index contributed by atoms with van der Waals surface area (Å²) in [6, 6.07) is 7.76. The normalized spacial score (nSPS) is 11.3. The van der Waals surface area contributed by atoms with Crippen molar-refractivity contribution in [3.63, 3.8) is 0 Å². The minimum absolute atomic E-state index is 0.0426. The van der Waals surface area contributed by atoms with Crippen LogP contribution in [0.4, 0.5) is 11.5 Å². The second-order valence-corrected chi connectivity index (χ2v) is 6.87. The summed E-state index contributed by atoms with van der Waals surface area (Å²) in [6.07, 6.45) is 1.43. The van der Waals surface area contributed by atoms with Crippen molar-refractivity contribution < 1.29 is 8.42 Å². The average molecular weight is 410 g/mol. The molecule has 0 amide bonds. The van der Waals surface area contributed by atoms with Crippen LogP contribution < -0.4 is 10.5 Å². The van der Waals surface area contributed by atoms with E-state index in [1.807, 2.05) is 22.6 Å². The molecule has 1 aromatic heterocycles. The molecule has 8 heteroatoms. The van der Waals surface area contributed by atoms with Gasteiger partial charge in [0.2, 0.25) is 0 Å². The van der Waals surface area contributed by atoms with Gasteiger partial charge in [-0.15, -0.1) is 0 Å². The number of hydrogen-bond acceptors (Lipinski definition) is 4. The third-order valence-corrected chi connectivity index (χ3v) is 4.81. The first-order chi connectivity index (χ1) is 8.90.